The van der Waals surface area contributed by atoms with Crippen LogP contribution in [-0.4, -0.2) is 57.5 Å². The van der Waals surface area contributed by atoms with Crippen LogP contribution in [0.3, 0.4) is 0 Å². The van der Waals surface area contributed by atoms with Crippen LogP contribution < -0.4 is 5.56 Å². The van der Waals surface area contributed by atoms with E-state index in [-0.39, 0.29) is 37.6 Å². The van der Waals surface area contributed by atoms with Crippen LogP contribution in [0.4, 0.5) is 0 Å². The lowest BCUT2D eigenvalue weighted by molar-refractivity contribution is -0.147. The minimum absolute atomic E-state index is 0.0312. The molecule has 0 radical (unpaired) electrons. The Bertz CT molecular complexity index is 834. The quantitative estimate of drug-likeness (QED) is 0.852. The lowest BCUT2D eigenvalue weighted by Crippen LogP contribution is -2.53. The number of amides is 1. The van der Waals surface area contributed by atoms with Crippen LogP contribution in [0, 0.1) is 0 Å². The zero-order valence-corrected chi connectivity index (χ0v) is 13.4. The molecule has 130 valence electrons. The van der Waals surface area contributed by atoms with Gasteiger partial charge in [0.25, 0.3) is 11.5 Å². The highest BCUT2D eigenvalue weighted by molar-refractivity contribution is 5.95. The van der Waals surface area contributed by atoms with E-state index < -0.39 is 17.9 Å². The van der Waals surface area contributed by atoms with Crippen molar-refractivity contribution in [3.8, 4) is 0 Å². The Kier molecular flexibility index (Phi) is 4.90. The first kappa shape index (κ1) is 16.8. The zero-order chi connectivity index (χ0) is 17.8. The van der Waals surface area contributed by atoms with E-state index in [2.05, 4.69) is 5.10 Å². The molecule has 0 aliphatic carbocycles. The summed E-state index contributed by atoms with van der Waals surface area (Å²) in [5.41, 5.74) is 0.567. The molecule has 1 amide bonds. The van der Waals surface area contributed by atoms with E-state index in [0.29, 0.717) is 0 Å². The fraction of sp³-hybridized carbons (Fsp3) is 0.294. The van der Waals surface area contributed by atoms with E-state index in [9.17, 15) is 19.5 Å². The van der Waals surface area contributed by atoms with Gasteiger partial charge in [0.15, 0.2) is 6.04 Å². The third kappa shape index (κ3) is 3.74. The molecule has 1 aliphatic heterocycles. The average Bonchev–Trinajstić information content (AvgIpc) is 2.64. The van der Waals surface area contributed by atoms with Crippen molar-refractivity contribution in [1.82, 2.24) is 14.7 Å². The van der Waals surface area contributed by atoms with E-state index >= 15 is 0 Å². The summed E-state index contributed by atoms with van der Waals surface area (Å²) in [4.78, 5) is 37.2. The van der Waals surface area contributed by atoms with Crippen LogP contribution in [0.2, 0.25) is 0 Å². The summed E-state index contributed by atoms with van der Waals surface area (Å²) in [5.74, 6) is -1.66. The summed E-state index contributed by atoms with van der Waals surface area (Å²) in [6.07, 6.45) is 0. The van der Waals surface area contributed by atoms with Gasteiger partial charge in [0, 0.05) is 12.6 Å². The molecule has 8 heteroatoms. The van der Waals surface area contributed by atoms with E-state index in [4.69, 9.17) is 4.74 Å². The molecule has 1 N–H and O–H groups in total. The molecule has 1 unspecified atom stereocenters. The molecule has 1 aliphatic rings. The maximum atomic E-state index is 12.7. The van der Waals surface area contributed by atoms with Crippen molar-refractivity contribution in [2.24, 2.45) is 0 Å². The van der Waals surface area contributed by atoms with E-state index in [1.165, 1.54) is 21.7 Å². The Hall–Kier alpha value is -3.00. The van der Waals surface area contributed by atoms with Crippen molar-refractivity contribution >= 4 is 11.9 Å². The lowest BCUT2D eigenvalue weighted by Gasteiger charge is -2.32. The molecule has 0 saturated carbocycles. The van der Waals surface area contributed by atoms with Gasteiger partial charge >= 0.3 is 5.97 Å². The number of hydrogen-bond acceptors (Lipinski definition) is 5. The van der Waals surface area contributed by atoms with Gasteiger partial charge < -0.3 is 14.7 Å². The largest absolute Gasteiger partial charge is 0.480 e. The number of carboxylic acids is 1. The van der Waals surface area contributed by atoms with Crippen LogP contribution >= 0.6 is 0 Å². The summed E-state index contributed by atoms with van der Waals surface area (Å²) in [6, 6.07) is 10.8. The molecule has 1 saturated heterocycles. The van der Waals surface area contributed by atoms with Gasteiger partial charge in [0.2, 0.25) is 0 Å². The van der Waals surface area contributed by atoms with E-state index in [1.54, 1.807) is 0 Å². The predicted octanol–water partition coefficient (Wildman–Crippen LogP) is 0.217. The number of benzene rings is 1. The molecule has 0 bridgehead atoms. The molecule has 0 spiro atoms. The SMILES string of the molecule is O=C(O)C1COCCN1C(=O)c1ccc(=O)n(Cc2ccccc2)n1. The van der Waals surface area contributed by atoms with Crippen molar-refractivity contribution in [2.45, 2.75) is 12.6 Å². The van der Waals surface area contributed by atoms with Crippen molar-refractivity contribution in [3.05, 3.63) is 64.1 Å². The van der Waals surface area contributed by atoms with E-state index in [1.807, 2.05) is 30.3 Å². The Morgan fingerprint density at radius 3 is 2.68 bits per heavy atom. The Labute approximate surface area is 143 Å². The molecule has 1 aromatic carbocycles. The first-order chi connectivity index (χ1) is 12.1. The minimum Gasteiger partial charge on any atom is -0.480 e. The highest BCUT2D eigenvalue weighted by Crippen LogP contribution is 2.11. The fourth-order valence-electron chi connectivity index (χ4n) is 2.63. The third-order valence-electron chi connectivity index (χ3n) is 3.94. The van der Waals surface area contributed by atoms with Gasteiger partial charge in [-0.25, -0.2) is 9.48 Å². The van der Waals surface area contributed by atoms with Gasteiger partial charge in [-0.3, -0.25) is 9.59 Å². The predicted molar refractivity (Wildman–Crippen MR) is 87.3 cm³/mol. The van der Waals surface area contributed by atoms with Gasteiger partial charge in [-0.15, -0.1) is 0 Å². The first-order valence-electron chi connectivity index (χ1n) is 7.80. The van der Waals surface area contributed by atoms with Crippen LogP contribution in [0.1, 0.15) is 16.1 Å². The normalized spacial score (nSPS) is 17.3. The Morgan fingerprint density at radius 2 is 1.96 bits per heavy atom. The fourth-order valence-corrected chi connectivity index (χ4v) is 2.63. The monoisotopic (exact) mass is 343 g/mol. The summed E-state index contributed by atoms with van der Waals surface area (Å²) >= 11 is 0. The number of ether oxygens (including phenoxy) is 1. The van der Waals surface area contributed by atoms with Crippen molar-refractivity contribution in [2.75, 3.05) is 19.8 Å². The van der Waals surface area contributed by atoms with Crippen LogP contribution in [0.15, 0.2) is 47.3 Å². The number of aliphatic carboxylic acids is 1. The number of carbonyl (C=O) groups is 2. The molecule has 3 rings (SSSR count). The second kappa shape index (κ2) is 7.27. The van der Waals surface area contributed by atoms with Crippen LogP contribution in [0.25, 0.3) is 0 Å². The number of hydrogen-bond donors (Lipinski definition) is 1. The second-order valence-corrected chi connectivity index (χ2v) is 5.63. The number of carbonyl (C=O) groups excluding carboxylic acids is 1. The van der Waals surface area contributed by atoms with Crippen LogP contribution in [0.5, 0.6) is 0 Å². The smallest absolute Gasteiger partial charge is 0.328 e. The minimum atomic E-state index is -1.13. The molecule has 8 nitrogen and oxygen atoms in total. The van der Waals surface area contributed by atoms with Crippen molar-refractivity contribution in [1.29, 1.82) is 0 Å². The topological polar surface area (TPSA) is 102 Å². The number of morpholine rings is 1. The Morgan fingerprint density at radius 1 is 1.20 bits per heavy atom. The summed E-state index contributed by atoms with van der Waals surface area (Å²) in [5, 5.41) is 13.4. The van der Waals surface area contributed by atoms with Gasteiger partial charge in [-0.2, -0.15) is 5.10 Å². The van der Waals surface area contributed by atoms with Gasteiger partial charge in [0.05, 0.1) is 19.8 Å². The number of aromatic nitrogens is 2. The van der Waals surface area contributed by atoms with Crippen LogP contribution in [-0.2, 0) is 16.1 Å². The highest BCUT2D eigenvalue weighted by atomic mass is 16.5. The molecule has 1 fully saturated rings. The molecular weight excluding hydrogens is 326 g/mol. The molecule has 2 aromatic rings. The van der Waals surface area contributed by atoms with Crippen molar-refractivity contribution in [3.63, 3.8) is 0 Å². The molecule has 1 atom stereocenters. The summed E-state index contributed by atoms with van der Waals surface area (Å²) in [7, 11) is 0. The Balaban J connectivity index is 1.87. The van der Waals surface area contributed by atoms with Gasteiger partial charge in [0.1, 0.15) is 5.69 Å². The maximum Gasteiger partial charge on any atom is 0.328 e. The van der Waals surface area contributed by atoms with Gasteiger partial charge in [-0.1, -0.05) is 30.3 Å². The molecule has 2 heterocycles. The number of carboxylic acid groups (broad SMARTS) is 1. The van der Waals surface area contributed by atoms with E-state index in [0.717, 1.165) is 5.56 Å². The lowest BCUT2D eigenvalue weighted by atomic mass is 10.2. The van der Waals surface area contributed by atoms with Gasteiger partial charge in [-0.05, 0) is 11.6 Å². The van der Waals surface area contributed by atoms with Crippen molar-refractivity contribution < 1.29 is 19.4 Å². The zero-order valence-electron chi connectivity index (χ0n) is 13.4. The summed E-state index contributed by atoms with van der Waals surface area (Å²) in [6.45, 7) is 0.589. The molecular formula is C17H17N3O5. The molecule has 25 heavy (non-hydrogen) atoms. The summed E-state index contributed by atoms with van der Waals surface area (Å²) < 4.78 is 6.32. The highest BCUT2D eigenvalue weighted by Gasteiger charge is 2.34. The average molecular weight is 343 g/mol. The third-order valence-corrected chi connectivity index (χ3v) is 3.94. The second-order valence-electron chi connectivity index (χ2n) is 5.63. The standard InChI is InChI=1S/C17H17N3O5/c21-15-7-6-13(18-20(15)10-12-4-2-1-3-5-12)16(22)19-8-9-25-11-14(19)17(23)24/h1-7,14H,8-11H2,(H,23,24). The first-order valence-corrected chi connectivity index (χ1v) is 7.80. The number of nitrogens with zero attached hydrogens (tertiary/aromatic N) is 3. The maximum absolute atomic E-state index is 12.7. The number of rotatable bonds is 4. The molecule has 1 aromatic heterocycles.